The van der Waals surface area contributed by atoms with Gasteiger partial charge < -0.3 is 24.3 Å². The van der Waals surface area contributed by atoms with Crippen molar-refractivity contribution in [1.29, 1.82) is 0 Å². The molecule has 0 amide bonds. The SMILES string of the molecule is COc1ccc([C@@H]2CC(=O)C3=C(C2)Nc2ncnn2[C@@H]3c2ccc(OCc3ccccc3)c(OC)c2)cc1OC. The summed E-state index contributed by atoms with van der Waals surface area (Å²) in [6.07, 6.45) is 2.51. The van der Waals surface area contributed by atoms with Crippen LogP contribution in [0.1, 0.15) is 41.5 Å². The molecule has 1 aliphatic heterocycles. The minimum atomic E-state index is -0.440. The summed E-state index contributed by atoms with van der Waals surface area (Å²) >= 11 is 0. The third-order valence-electron chi connectivity index (χ3n) is 7.48. The zero-order valence-corrected chi connectivity index (χ0v) is 22.6. The van der Waals surface area contributed by atoms with Crippen LogP contribution in [0.3, 0.4) is 0 Å². The Hall–Kier alpha value is -4.79. The molecule has 0 spiro atoms. The molecule has 40 heavy (non-hydrogen) atoms. The number of hydrogen-bond donors (Lipinski definition) is 1. The van der Waals surface area contributed by atoms with Crippen molar-refractivity contribution in [3.63, 3.8) is 0 Å². The summed E-state index contributed by atoms with van der Waals surface area (Å²) < 4.78 is 24.4. The highest BCUT2D eigenvalue weighted by Crippen LogP contribution is 2.46. The number of fused-ring (bicyclic) bond motifs is 1. The molecule has 0 radical (unpaired) electrons. The number of Topliss-reactive ketones (excluding diaryl/α,β-unsaturated/α-hetero) is 1. The molecular weight excluding hydrogens is 508 g/mol. The summed E-state index contributed by atoms with van der Waals surface area (Å²) in [5, 5.41) is 7.84. The third-order valence-corrected chi connectivity index (χ3v) is 7.48. The number of benzene rings is 3. The molecule has 6 rings (SSSR count). The van der Waals surface area contributed by atoms with Gasteiger partial charge in [0, 0.05) is 17.7 Å². The van der Waals surface area contributed by atoms with Gasteiger partial charge in [-0.1, -0.05) is 42.5 Å². The first-order chi connectivity index (χ1) is 19.6. The van der Waals surface area contributed by atoms with Crippen LogP contribution >= 0.6 is 0 Å². The van der Waals surface area contributed by atoms with Crippen LogP contribution in [-0.4, -0.2) is 41.9 Å². The molecule has 9 nitrogen and oxygen atoms in total. The Morgan fingerprint density at radius 1 is 0.850 bits per heavy atom. The summed E-state index contributed by atoms with van der Waals surface area (Å²) in [5.41, 5.74) is 4.48. The Morgan fingerprint density at radius 2 is 1.55 bits per heavy atom. The quantitative estimate of drug-likeness (QED) is 0.323. The normalized spacial score (nSPS) is 17.9. The summed E-state index contributed by atoms with van der Waals surface area (Å²) in [6, 6.07) is 21.1. The molecule has 2 heterocycles. The highest BCUT2D eigenvalue weighted by Gasteiger charge is 2.39. The van der Waals surface area contributed by atoms with Gasteiger partial charge in [0.05, 0.1) is 21.3 Å². The number of ether oxygens (including phenoxy) is 4. The molecule has 1 N–H and O–H groups in total. The lowest BCUT2D eigenvalue weighted by molar-refractivity contribution is -0.116. The minimum Gasteiger partial charge on any atom is -0.493 e. The van der Waals surface area contributed by atoms with Crippen molar-refractivity contribution in [3.8, 4) is 23.0 Å². The fraction of sp³-hybridized carbons (Fsp3) is 0.258. The molecule has 0 unspecified atom stereocenters. The van der Waals surface area contributed by atoms with Crippen molar-refractivity contribution >= 4 is 11.7 Å². The van der Waals surface area contributed by atoms with E-state index in [9.17, 15) is 4.79 Å². The number of carbonyl (C=O) groups is 1. The topological polar surface area (TPSA) is 96.7 Å². The second-order valence-electron chi connectivity index (χ2n) is 9.78. The van der Waals surface area contributed by atoms with E-state index in [2.05, 4.69) is 15.4 Å². The van der Waals surface area contributed by atoms with Gasteiger partial charge in [-0.25, -0.2) is 4.68 Å². The predicted molar refractivity (Wildman–Crippen MR) is 149 cm³/mol. The van der Waals surface area contributed by atoms with Crippen LogP contribution in [0.4, 0.5) is 5.95 Å². The van der Waals surface area contributed by atoms with Crippen LogP contribution < -0.4 is 24.3 Å². The standard InChI is InChI=1S/C31H30N4O5/c1-37-25-11-9-20(15-27(25)38-2)22-13-23-29(24(36)14-22)30(35-31(34-23)32-18-33-35)21-10-12-26(28(16-21)39-3)40-17-19-7-5-4-6-8-19/h4-12,15-16,18,22,30H,13-14,17H2,1-3H3,(H,32,33,34)/t22-,30+/m0/s1. The summed E-state index contributed by atoms with van der Waals surface area (Å²) in [6.45, 7) is 0.419. The number of methoxy groups -OCH3 is 3. The number of allylic oxidation sites excluding steroid dienone is 2. The summed E-state index contributed by atoms with van der Waals surface area (Å²) in [7, 11) is 4.83. The maximum Gasteiger partial charge on any atom is 0.226 e. The Morgan fingerprint density at radius 3 is 2.33 bits per heavy atom. The van der Waals surface area contributed by atoms with Gasteiger partial charge in [0.15, 0.2) is 28.8 Å². The Balaban J connectivity index is 1.33. The lowest BCUT2D eigenvalue weighted by Gasteiger charge is -2.35. The number of carbonyl (C=O) groups excluding carboxylic acids is 1. The average molecular weight is 539 g/mol. The highest BCUT2D eigenvalue weighted by molar-refractivity contribution is 6.00. The molecule has 1 aliphatic carbocycles. The number of rotatable bonds is 8. The third kappa shape index (κ3) is 4.64. The molecular formula is C31H30N4O5. The predicted octanol–water partition coefficient (Wildman–Crippen LogP) is 5.30. The van der Waals surface area contributed by atoms with E-state index in [1.807, 2.05) is 66.7 Å². The van der Waals surface area contributed by atoms with Crippen LogP contribution in [-0.2, 0) is 11.4 Å². The first-order valence-corrected chi connectivity index (χ1v) is 13.1. The van der Waals surface area contributed by atoms with Gasteiger partial charge in [0.1, 0.15) is 19.0 Å². The molecule has 204 valence electrons. The Bertz CT molecular complexity index is 1580. The van der Waals surface area contributed by atoms with Gasteiger partial charge >= 0.3 is 0 Å². The number of nitrogens with one attached hydrogen (secondary N) is 1. The molecule has 9 heteroatoms. The fourth-order valence-corrected chi connectivity index (χ4v) is 5.51. The first kappa shape index (κ1) is 25.5. The molecule has 0 saturated carbocycles. The number of anilines is 1. The van der Waals surface area contributed by atoms with Gasteiger partial charge in [-0.2, -0.15) is 10.1 Å². The summed E-state index contributed by atoms with van der Waals surface area (Å²) in [4.78, 5) is 18.2. The average Bonchev–Trinajstić information content (AvgIpc) is 3.47. The van der Waals surface area contributed by atoms with E-state index in [0.717, 1.165) is 22.4 Å². The van der Waals surface area contributed by atoms with E-state index in [1.165, 1.54) is 6.33 Å². The molecule has 4 aromatic rings. The monoisotopic (exact) mass is 538 g/mol. The van der Waals surface area contributed by atoms with Crippen LogP contribution in [0, 0.1) is 0 Å². The Labute approximate surface area is 232 Å². The molecule has 2 aliphatic rings. The van der Waals surface area contributed by atoms with Crippen LogP contribution in [0.2, 0.25) is 0 Å². The van der Waals surface area contributed by atoms with Gasteiger partial charge in [0.25, 0.3) is 0 Å². The molecule has 3 aromatic carbocycles. The fourth-order valence-electron chi connectivity index (χ4n) is 5.51. The minimum absolute atomic E-state index is 0.0167. The van der Waals surface area contributed by atoms with Crippen molar-refractivity contribution in [2.75, 3.05) is 26.6 Å². The number of nitrogens with zero attached hydrogens (tertiary/aromatic N) is 3. The number of ketones is 1. The first-order valence-electron chi connectivity index (χ1n) is 13.1. The second-order valence-corrected chi connectivity index (χ2v) is 9.78. The number of hydrogen-bond acceptors (Lipinski definition) is 8. The summed E-state index contributed by atoms with van der Waals surface area (Å²) in [5.74, 6) is 3.14. The Kier molecular flexibility index (Phi) is 6.86. The van der Waals surface area contributed by atoms with Crippen molar-refractivity contribution < 1.29 is 23.7 Å². The zero-order chi connectivity index (χ0) is 27.6. The molecule has 2 atom stereocenters. The van der Waals surface area contributed by atoms with E-state index in [1.54, 1.807) is 26.0 Å². The lowest BCUT2D eigenvalue weighted by Crippen LogP contribution is -2.33. The largest absolute Gasteiger partial charge is 0.493 e. The second kappa shape index (κ2) is 10.8. The van der Waals surface area contributed by atoms with Crippen LogP contribution in [0.25, 0.3) is 0 Å². The van der Waals surface area contributed by atoms with E-state index >= 15 is 0 Å². The zero-order valence-electron chi connectivity index (χ0n) is 22.6. The van der Waals surface area contributed by atoms with E-state index in [0.29, 0.717) is 54.0 Å². The smallest absolute Gasteiger partial charge is 0.226 e. The van der Waals surface area contributed by atoms with Crippen LogP contribution in [0.5, 0.6) is 23.0 Å². The van der Waals surface area contributed by atoms with Crippen molar-refractivity contribution in [1.82, 2.24) is 14.8 Å². The van der Waals surface area contributed by atoms with Gasteiger partial charge in [-0.3, -0.25) is 4.79 Å². The highest BCUT2D eigenvalue weighted by atomic mass is 16.5. The van der Waals surface area contributed by atoms with Crippen molar-refractivity contribution in [2.45, 2.75) is 31.4 Å². The molecule has 0 bridgehead atoms. The van der Waals surface area contributed by atoms with Gasteiger partial charge in [-0.15, -0.1) is 0 Å². The maximum absolute atomic E-state index is 13.8. The van der Waals surface area contributed by atoms with Crippen molar-refractivity contribution in [2.24, 2.45) is 0 Å². The van der Waals surface area contributed by atoms with Crippen LogP contribution in [0.15, 0.2) is 84.3 Å². The van der Waals surface area contributed by atoms with Gasteiger partial charge in [0.2, 0.25) is 5.95 Å². The van der Waals surface area contributed by atoms with Gasteiger partial charge in [-0.05, 0) is 53.3 Å². The van der Waals surface area contributed by atoms with E-state index in [-0.39, 0.29) is 11.7 Å². The maximum atomic E-state index is 13.8. The van der Waals surface area contributed by atoms with E-state index < -0.39 is 6.04 Å². The lowest BCUT2D eigenvalue weighted by atomic mass is 9.78. The van der Waals surface area contributed by atoms with E-state index in [4.69, 9.17) is 18.9 Å². The molecule has 1 aromatic heterocycles. The van der Waals surface area contributed by atoms with Crippen molar-refractivity contribution in [3.05, 3.63) is 101 Å². The molecule has 0 fully saturated rings. The molecule has 0 saturated heterocycles. The number of aromatic nitrogens is 3.